The van der Waals surface area contributed by atoms with Crippen molar-refractivity contribution in [3.63, 3.8) is 0 Å². The Morgan fingerprint density at radius 3 is 2.68 bits per heavy atom. The Labute approximate surface area is 150 Å². The first-order valence-corrected chi connectivity index (χ1v) is 8.62. The molecule has 0 spiro atoms. The SMILES string of the molecule is CN(C)c1ccc(/C=C/C(=O)Nc2nc(-c3cccnc3)cs2)cc1. The summed E-state index contributed by atoms with van der Waals surface area (Å²) in [5.41, 5.74) is 3.82. The number of hydrogen-bond donors (Lipinski definition) is 1. The third-order valence-corrected chi connectivity index (χ3v) is 4.29. The molecule has 6 heteroatoms. The van der Waals surface area contributed by atoms with E-state index in [1.807, 2.05) is 60.8 Å². The van der Waals surface area contributed by atoms with Gasteiger partial charge in [0.2, 0.25) is 5.91 Å². The van der Waals surface area contributed by atoms with Crippen LogP contribution in [0.15, 0.2) is 60.2 Å². The van der Waals surface area contributed by atoms with Crippen LogP contribution in [0.4, 0.5) is 10.8 Å². The van der Waals surface area contributed by atoms with Gasteiger partial charge >= 0.3 is 0 Å². The molecule has 3 aromatic rings. The Hall–Kier alpha value is -2.99. The molecule has 25 heavy (non-hydrogen) atoms. The van der Waals surface area contributed by atoms with E-state index in [1.54, 1.807) is 18.5 Å². The average Bonchev–Trinajstić information content (AvgIpc) is 3.09. The molecular weight excluding hydrogens is 332 g/mol. The molecule has 2 aromatic heterocycles. The molecule has 0 fully saturated rings. The quantitative estimate of drug-likeness (QED) is 0.709. The van der Waals surface area contributed by atoms with Crippen LogP contribution in [0.2, 0.25) is 0 Å². The van der Waals surface area contributed by atoms with Crippen molar-refractivity contribution in [2.75, 3.05) is 24.3 Å². The fourth-order valence-electron chi connectivity index (χ4n) is 2.18. The molecule has 0 aliphatic rings. The van der Waals surface area contributed by atoms with Crippen LogP contribution in [-0.2, 0) is 4.79 Å². The van der Waals surface area contributed by atoms with Crippen molar-refractivity contribution in [2.24, 2.45) is 0 Å². The first-order chi connectivity index (χ1) is 12.1. The number of rotatable bonds is 5. The molecule has 2 heterocycles. The summed E-state index contributed by atoms with van der Waals surface area (Å²) in [6, 6.07) is 11.8. The van der Waals surface area contributed by atoms with Crippen LogP contribution in [0.1, 0.15) is 5.56 Å². The van der Waals surface area contributed by atoms with E-state index in [4.69, 9.17) is 0 Å². The van der Waals surface area contributed by atoms with Gasteiger partial charge in [-0.25, -0.2) is 4.98 Å². The minimum atomic E-state index is -0.205. The highest BCUT2D eigenvalue weighted by atomic mass is 32.1. The summed E-state index contributed by atoms with van der Waals surface area (Å²) >= 11 is 1.39. The van der Waals surface area contributed by atoms with Gasteiger partial charge in [-0.2, -0.15) is 0 Å². The number of amides is 1. The van der Waals surface area contributed by atoms with E-state index in [2.05, 4.69) is 15.3 Å². The van der Waals surface area contributed by atoms with Crippen molar-refractivity contribution >= 4 is 34.1 Å². The van der Waals surface area contributed by atoms with Gasteiger partial charge in [0, 0.05) is 49.2 Å². The van der Waals surface area contributed by atoms with Gasteiger partial charge in [-0.15, -0.1) is 11.3 Å². The third-order valence-electron chi connectivity index (χ3n) is 3.53. The van der Waals surface area contributed by atoms with Crippen LogP contribution < -0.4 is 10.2 Å². The summed E-state index contributed by atoms with van der Waals surface area (Å²) in [4.78, 5) is 22.6. The van der Waals surface area contributed by atoms with Gasteiger partial charge in [0.25, 0.3) is 0 Å². The van der Waals surface area contributed by atoms with Crippen LogP contribution >= 0.6 is 11.3 Å². The van der Waals surface area contributed by atoms with Crippen LogP contribution in [0.5, 0.6) is 0 Å². The van der Waals surface area contributed by atoms with Gasteiger partial charge in [-0.1, -0.05) is 12.1 Å². The molecule has 126 valence electrons. The lowest BCUT2D eigenvalue weighted by molar-refractivity contribution is -0.111. The Morgan fingerprint density at radius 1 is 1.20 bits per heavy atom. The molecule has 1 amide bonds. The van der Waals surface area contributed by atoms with E-state index in [-0.39, 0.29) is 5.91 Å². The predicted octanol–water partition coefficient (Wildman–Crippen LogP) is 3.92. The second-order valence-electron chi connectivity index (χ2n) is 5.59. The lowest BCUT2D eigenvalue weighted by Crippen LogP contribution is -2.08. The van der Waals surface area contributed by atoms with E-state index in [1.165, 1.54) is 17.4 Å². The summed E-state index contributed by atoms with van der Waals surface area (Å²) < 4.78 is 0. The number of thiazole rings is 1. The van der Waals surface area contributed by atoms with Crippen molar-refractivity contribution in [2.45, 2.75) is 0 Å². The number of nitrogens with zero attached hydrogens (tertiary/aromatic N) is 3. The van der Waals surface area contributed by atoms with E-state index in [9.17, 15) is 4.79 Å². The van der Waals surface area contributed by atoms with Crippen LogP contribution in [0.25, 0.3) is 17.3 Å². The summed E-state index contributed by atoms with van der Waals surface area (Å²) in [6.45, 7) is 0. The number of nitrogens with one attached hydrogen (secondary N) is 1. The molecule has 0 aliphatic heterocycles. The first kappa shape index (κ1) is 16.9. The Bertz CT molecular complexity index is 870. The first-order valence-electron chi connectivity index (χ1n) is 7.74. The van der Waals surface area contributed by atoms with Gasteiger partial charge in [0.05, 0.1) is 5.69 Å². The third kappa shape index (κ3) is 4.51. The molecule has 1 aromatic carbocycles. The fraction of sp³-hybridized carbons (Fsp3) is 0.105. The number of hydrogen-bond acceptors (Lipinski definition) is 5. The Balaban J connectivity index is 1.62. The number of pyridine rings is 1. The molecule has 0 atom stereocenters. The molecule has 1 N–H and O–H groups in total. The largest absolute Gasteiger partial charge is 0.378 e. The van der Waals surface area contributed by atoms with Gasteiger partial charge in [0.1, 0.15) is 0 Å². The smallest absolute Gasteiger partial charge is 0.250 e. The van der Waals surface area contributed by atoms with Gasteiger partial charge in [-0.3, -0.25) is 15.1 Å². The second kappa shape index (κ2) is 7.72. The van der Waals surface area contributed by atoms with Crippen molar-refractivity contribution in [3.05, 3.63) is 65.8 Å². The maximum Gasteiger partial charge on any atom is 0.250 e. The van der Waals surface area contributed by atoms with E-state index < -0.39 is 0 Å². The maximum absolute atomic E-state index is 12.1. The van der Waals surface area contributed by atoms with Crippen molar-refractivity contribution < 1.29 is 4.79 Å². The number of anilines is 2. The number of benzene rings is 1. The van der Waals surface area contributed by atoms with E-state index >= 15 is 0 Å². The molecule has 0 saturated carbocycles. The van der Waals surface area contributed by atoms with E-state index in [0.29, 0.717) is 5.13 Å². The summed E-state index contributed by atoms with van der Waals surface area (Å²) in [7, 11) is 3.98. The molecular formula is C19H18N4OS. The standard InChI is InChI=1S/C19H18N4OS/c1-23(2)16-8-5-14(6-9-16)7-10-18(24)22-19-21-17(13-25-19)15-4-3-11-20-12-15/h3-13H,1-2H3,(H,21,22,24)/b10-7+. The number of carbonyl (C=O) groups is 1. The van der Waals surface area contributed by atoms with Crippen LogP contribution in [0.3, 0.4) is 0 Å². The second-order valence-corrected chi connectivity index (χ2v) is 6.45. The molecule has 3 rings (SSSR count). The summed E-state index contributed by atoms with van der Waals surface area (Å²) in [6.07, 6.45) is 6.76. The molecule has 5 nitrogen and oxygen atoms in total. The fourth-order valence-corrected chi connectivity index (χ4v) is 2.90. The number of carbonyl (C=O) groups excluding carboxylic acids is 1. The molecule has 0 aliphatic carbocycles. The predicted molar refractivity (Wildman–Crippen MR) is 104 cm³/mol. The van der Waals surface area contributed by atoms with Gasteiger partial charge in [-0.05, 0) is 35.9 Å². The van der Waals surface area contributed by atoms with Crippen LogP contribution in [-0.4, -0.2) is 30.0 Å². The summed E-state index contributed by atoms with van der Waals surface area (Å²) in [5.74, 6) is -0.205. The monoisotopic (exact) mass is 350 g/mol. The van der Waals surface area contributed by atoms with Crippen molar-refractivity contribution in [1.82, 2.24) is 9.97 Å². The zero-order chi connectivity index (χ0) is 17.6. The lowest BCUT2D eigenvalue weighted by Gasteiger charge is -2.11. The summed E-state index contributed by atoms with van der Waals surface area (Å²) in [5, 5.41) is 5.25. The Kier molecular flexibility index (Phi) is 5.20. The zero-order valence-electron chi connectivity index (χ0n) is 14.0. The molecule has 0 radical (unpaired) electrons. The minimum absolute atomic E-state index is 0.205. The van der Waals surface area contributed by atoms with Crippen LogP contribution in [0, 0.1) is 0 Å². The van der Waals surface area contributed by atoms with Crippen molar-refractivity contribution in [3.8, 4) is 11.3 Å². The van der Waals surface area contributed by atoms with Crippen molar-refractivity contribution in [1.29, 1.82) is 0 Å². The highest BCUT2D eigenvalue weighted by Gasteiger charge is 2.06. The number of aromatic nitrogens is 2. The molecule has 0 unspecified atom stereocenters. The zero-order valence-corrected chi connectivity index (χ0v) is 14.8. The maximum atomic E-state index is 12.1. The normalized spacial score (nSPS) is 10.8. The Morgan fingerprint density at radius 2 is 2.00 bits per heavy atom. The van der Waals surface area contributed by atoms with Gasteiger partial charge < -0.3 is 4.90 Å². The average molecular weight is 350 g/mol. The highest BCUT2D eigenvalue weighted by molar-refractivity contribution is 7.14. The van der Waals surface area contributed by atoms with Gasteiger partial charge in [0.15, 0.2) is 5.13 Å². The molecule has 0 bridgehead atoms. The molecule has 0 saturated heterocycles. The lowest BCUT2D eigenvalue weighted by atomic mass is 10.2. The topological polar surface area (TPSA) is 58.1 Å². The van der Waals surface area contributed by atoms with E-state index in [0.717, 1.165) is 22.5 Å². The highest BCUT2D eigenvalue weighted by Crippen LogP contribution is 2.24. The minimum Gasteiger partial charge on any atom is -0.378 e.